The standard InChI is InChI=1S/C19H18F3N3O4/c1-3-28-18(27)16-14(10-29-11(2)26)24-15-8-9-23-25(15)17(16)12-6-4-5-7-13(12)19(20,21)22/h4-9,17,24H,3,10H2,1-2H3. The Bertz CT molecular complexity index is 966. The average molecular weight is 409 g/mol. The highest BCUT2D eigenvalue weighted by atomic mass is 19.4. The van der Waals surface area contributed by atoms with Crippen molar-refractivity contribution in [3.8, 4) is 0 Å². The van der Waals surface area contributed by atoms with Crippen LogP contribution in [0.25, 0.3) is 0 Å². The van der Waals surface area contributed by atoms with Crippen molar-refractivity contribution in [1.82, 2.24) is 9.78 Å². The van der Waals surface area contributed by atoms with E-state index in [9.17, 15) is 22.8 Å². The number of nitrogens with zero attached hydrogens (tertiary/aromatic N) is 2. The Morgan fingerprint density at radius 3 is 2.59 bits per heavy atom. The average Bonchev–Trinajstić information content (AvgIpc) is 3.12. The molecule has 29 heavy (non-hydrogen) atoms. The first-order valence-electron chi connectivity index (χ1n) is 8.74. The number of hydrogen-bond acceptors (Lipinski definition) is 6. The molecule has 1 atom stereocenters. The summed E-state index contributed by atoms with van der Waals surface area (Å²) in [6, 6.07) is 5.26. The number of benzene rings is 1. The van der Waals surface area contributed by atoms with Crippen molar-refractivity contribution in [3.05, 3.63) is 58.9 Å². The van der Waals surface area contributed by atoms with Gasteiger partial charge in [-0.2, -0.15) is 18.3 Å². The molecule has 1 N–H and O–H groups in total. The lowest BCUT2D eigenvalue weighted by Gasteiger charge is -2.31. The highest BCUT2D eigenvalue weighted by molar-refractivity contribution is 5.93. The Labute approximate surface area is 164 Å². The van der Waals surface area contributed by atoms with Crippen LogP contribution in [0.5, 0.6) is 0 Å². The Morgan fingerprint density at radius 1 is 1.21 bits per heavy atom. The van der Waals surface area contributed by atoms with Crippen LogP contribution in [0.3, 0.4) is 0 Å². The maximum Gasteiger partial charge on any atom is 0.416 e. The van der Waals surface area contributed by atoms with Crippen LogP contribution in [0.4, 0.5) is 19.0 Å². The number of anilines is 1. The number of alkyl halides is 3. The number of hydrogen-bond donors (Lipinski definition) is 1. The van der Waals surface area contributed by atoms with Crippen molar-refractivity contribution in [1.29, 1.82) is 0 Å². The first-order chi connectivity index (χ1) is 13.7. The molecule has 0 spiro atoms. The zero-order chi connectivity index (χ0) is 21.2. The number of nitrogens with one attached hydrogen (secondary N) is 1. The van der Waals surface area contributed by atoms with Gasteiger partial charge in [-0.25, -0.2) is 9.48 Å². The van der Waals surface area contributed by atoms with Crippen LogP contribution in [0.15, 0.2) is 47.8 Å². The van der Waals surface area contributed by atoms with Crippen LogP contribution in [0, 0.1) is 0 Å². The Balaban J connectivity index is 2.24. The van der Waals surface area contributed by atoms with Crippen LogP contribution in [0.1, 0.15) is 31.0 Å². The van der Waals surface area contributed by atoms with Gasteiger partial charge in [-0.15, -0.1) is 0 Å². The number of aromatic nitrogens is 2. The summed E-state index contributed by atoms with van der Waals surface area (Å²) < 4.78 is 52.4. The van der Waals surface area contributed by atoms with Crippen molar-refractivity contribution in [2.45, 2.75) is 26.1 Å². The zero-order valence-electron chi connectivity index (χ0n) is 15.6. The monoisotopic (exact) mass is 409 g/mol. The maximum absolute atomic E-state index is 13.7. The number of rotatable bonds is 5. The molecule has 10 heteroatoms. The van der Waals surface area contributed by atoms with E-state index in [1.807, 2.05) is 0 Å². The largest absolute Gasteiger partial charge is 0.463 e. The van der Waals surface area contributed by atoms with E-state index in [1.165, 1.54) is 36.0 Å². The van der Waals surface area contributed by atoms with Crippen LogP contribution in [-0.4, -0.2) is 34.9 Å². The van der Waals surface area contributed by atoms with Crippen molar-refractivity contribution in [3.63, 3.8) is 0 Å². The normalized spacial score (nSPS) is 16.1. The summed E-state index contributed by atoms with van der Waals surface area (Å²) in [6.45, 7) is 2.45. The maximum atomic E-state index is 13.7. The summed E-state index contributed by atoms with van der Waals surface area (Å²) in [6.07, 6.45) is -3.26. The van der Waals surface area contributed by atoms with Gasteiger partial charge in [0.1, 0.15) is 18.5 Å². The van der Waals surface area contributed by atoms with Gasteiger partial charge >= 0.3 is 18.1 Å². The molecule has 7 nitrogen and oxygen atoms in total. The van der Waals surface area contributed by atoms with Gasteiger partial charge in [0.2, 0.25) is 0 Å². The molecule has 0 aliphatic carbocycles. The molecule has 2 heterocycles. The number of esters is 2. The van der Waals surface area contributed by atoms with E-state index < -0.39 is 29.7 Å². The Kier molecular flexibility index (Phi) is 5.62. The summed E-state index contributed by atoms with van der Waals surface area (Å²) >= 11 is 0. The van der Waals surface area contributed by atoms with Crippen LogP contribution in [-0.2, 0) is 25.2 Å². The van der Waals surface area contributed by atoms with Crippen LogP contribution < -0.4 is 5.32 Å². The number of ether oxygens (including phenoxy) is 2. The number of halogens is 3. The molecule has 0 amide bonds. The fourth-order valence-corrected chi connectivity index (χ4v) is 3.14. The molecule has 0 saturated carbocycles. The first-order valence-corrected chi connectivity index (χ1v) is 8.74. The smallest absolute Gasteiger partial charge is 0.416 e. The van der Waals surface area contributed by atoms with Crippen molar-refractivity contribution in [2.24, 2.45) is 0 Å². The molecule has 0 saturated heterocycles. The fraction of sp³-hybridized carbons (Fsp3) is 0.316. The van der Waals surface area contributed by atoms with E-state index in [0.717, 1.165) is 6.07 Å². The molecular weight excluding hydrogens is 391 g/mol. The Morgan fingerprint density at radius 2 is 1.93 bits per heavy atom. The number of fused-ring (bicyclic) bond motifs is 1. The van der Waals surface area contributed by atoms with Gasteiger partial charge in [-0.3, -0.25) is 4.79 Å². The third-order valence-electron chi connectivity index (χ3n) is 4.27. The van der Waals surface area contributed by atoms with E-state index in [0.29, 0.717) is 5.82 Å². The molecule has 1 unspecified atom stereocenters. The van der Waals surface area contributed by atoms with E-state index in [2.05, 4.69) is 10.4 Å². The van der Waals surface area contributed by atoms with Crippen molar-refractivity contribution >= 4 is 17.8 Å². The number of carbonyl (C=O) groups is 2. The molecule has 0 radical (unpaired) electrons. The van der Waals surface area contributed by atoms with Gasteiger partial charge in [-0.1, -0.05) is 18.2 Å². The predicted molar refractivity (Wildman–Crippen MR) is 95.7 cm³/mol. The predicted octanol–water partition coefficient (Wildman–Crippen LogP) is 3.30. The minimum Gasteiger partial charge on any atom is -0.463 e. The third kappa shape index (κ3) is 4.10. The molecule has 0 fully saturated rings. The lowest BCUT2D eigenvalue weighted by atomic mass is 9.91. The third-order valence-corrected chi connectivity index (χ3v) is 4.27. The molecule has 1 aromatic carbocycles. The molecule has 1 aromatic heterocycles. The van der Waals surface area contributed by atoms with Crippen LogP contribution >= 0.6 is 0 Å². The Hall–Kier alpha value is -3.30. The second kappa shape index (κ2) is 7.98. The lowest BCUT2D eigenvalue weighted by molar-refractivity contribution is -0.142. The summed E-state index contributed by atoms with van der Waals surface area (Å²) in [4.78, 5) is 24.0. The van der Waals surface area contributed by atoms with E-state index >= 15 is 0 Å². The molecule has 1 aliphatic heterocycles. The van der Waals surface area contributed by atoms with Crippen molar-refractivity contribution < 1.29 is 32.2 Å². The van der Waals surface area contributed by atoms with Crippen LogP contribution in [0.2, 0.25) is 0 Å². The van der Waals surface area contributed by atoms with Gasteiger partial charge < -0.3 is 14.8 Å². The van der Waals surface area contributed by atoms with Gasteiger partial charge in [0.15, 0.2) is 0 Å². The van der Waals surface area contributed by atoms with E-state index in [4.69, 9.17) is 9.47 Å². The zero-order valence-corrected chi connectivity index (χ0v) is 15.6. The molecule has 0 bridgehead atoms. The number of carbonyl (C=O) groups excluding carboxylic acids is 2. The summed E-state index contributed by atoms with van der Waals surface area (Å²) in [5, 5.41) is 7.00. The van der Waals surface area contributed by atoms with Gasteiger partial charge in [0.25, 0.3) is 0 Å². The molecular formula is C19H18F3N3O4. The summed E-state index contributed by atoms with van der Waals surface area (Å²) in [7, 11) is 0. The molecule has 2 aromatic rings. The topological polar surface area (TPSA) is 82.4 Å². The minimum absolute atomic E-state index is 0.0166. The molecule has 1 aliphatic rings. The lowest BCUT2D eigenvalue weighted by Crippen LogP contribution is -2.33. The summed E-state index contributed by atoms with van der Waals surface area (Å²) in [5.74, 6) is -1.08. The fourth-order valence-electron chi connectivity index (χ4n) is 3.14. The highest BCUT2D eigenvalue weighted by Gasteiger charge is 2.41. The highest BCUT2D eigenvalue weighted by Crippen LogP contribution is 2.42. The van der Waals surface area contributed by atoms with Gasteiger partial charge in [0.05, 0.1) is 29.6 Å². The molecule has 3 rings (SSSR count). The second-order valence-electron chi connectivity index (χ2n) is 6.17. The van der Waals surface area contributed by atoms with Gasteiger partial charge in [0, 0.05) is 13.0 Å². The van der Waals surface area contributed by atoms with Crippen molar-refractivity contribution in [2.75, 3.05) is 18.5 Å². The first kappa shape index (κ1) is 20.4. The van der Waals surface area contributed by atoms with Gasteiger partial charge in [-0.05, 0) is 18.6 Å². The summed E-state index contributed by atoms with van der Waals surface area (Å²) in [5.41, 5.74) is -1.05. The quantitative estimate of drug-likeness (QED) is 0.764. The second-order valence-corrected chi connectivity index (χ2v) is 6.17. The SMILES string of the molecule is CCOC(=O)C1=C(COC(C)=O)Nc2ccnn2C1c1ccccc1C(F)(F)F. The molecule has 154 valence electrons. The van der Waals surface area contributed by atoms with E-state index in [1.54, 1.807) is 13.0 Å². The minimum atomic E-state index is -4.65. The van der Waals surface area contributed by atoms with E-state index in [-0.39, 0.29) is 30.0 Å².